The summed E-state index contributed by atoms with van der Waals surface area (Å²) in [4.78, 5) is 10.8. The lowest BCUT2D eigenvalue weighted by Crippen LogP contribution is -2.27. The number of aryl methyl sites for hydroxylation is 1. The number of benzene rings is 1. The monoisotopic (exact) mass is 264 g/mol. The van der Waals surface area contributed by atoms with Gasteiger partial charge in [-0.1, -0.05) is 46.8 Å². The zero-order chi connectivity index (χ0) is 14.8. The molecule has 1 aromatic carbocycles. The van der Waals surface area contributed by atoms with Gasteiger partial charge in [0.1, 0.15) is 5.75 Å². The highest BCUT2D eigenvalue weighted by Gasteiger charge is 2.31. The molecule has 106 valence electrons. The molecule has 0 fully saturated rings. The van der Waals surface area contributed by atoms with Gasteiger partial charge in [0, 0.05) is 5.56 Å². The quantitative estimate of drug-likeness (QED) is 0.632. The third-order valence-electron chi connectivity index (χ3n) is 3.08. The molecule has 3 nitrogen and oxygen atoms in total. The van der Waals surface area contributed by atoms with E-state index in [-0.39, 0.29) is 10.8 Å². The smallest absolute Gasteiger partial charge is 0.449 e. The number of carboxylic acid groups (broad SMARTS) is 1. The van der Waals surface area contributed by atoms with Crippen LogP contribution in [0.4, 0.5) is 4.79 Å². The summed E-state index contributed by atoms with van der Waals surface area (Å²) in [6, 6.07) is 5.54. The molecule has 0 aliphatic rings. The molecule has 19 heavy (non-hydrogen) atoms. The van der Waals surface area contributed by atoms with Crippen molar-refractivity contribution in [2.75, 3.05) is 0 Å². The van der Waals surface area contributed by atoms with Crippen molar-refractivity contribution < 1.29 is 14.6 Å². The number of hydrogen-bond acceptors (Lipinski definition) is 2. The third-order valence-corrected chi connectivity index (χ3v) is 3.08. The number of carbonyl (C=O) groups is 1. The average molecular weight is 264 g/mol. The zero-order valence-corrected chi connectivity index (χ0v) is 12.7. The van der Waals surface area contributed by atoms with Crippen LogP contribution in [0.1, 0.15) is 52.2 Å². The molecule has 0 unspecified atom stereocenters. The van der Waals surface area contributed by atoms with Gasteiger partial charge in [-0.05, 0) is 35.8 Å². The fourth-order valence-electron chi connectivity index (χ4n) is 3.10. The van der Waals surface area contributed by atoms with Crippen molar-refractivity contribution in [3.63, 3.8) is 0 Å². The molecule has 0 spiro atoms. The summed E-state index contributed by atoms with van der Waals surface area (Å²) in [5.74, 6) is 0.446. The van der Waals surface area contributed by atoms with Gasteiger partial charge in [0.05, 0.1) is 0 Å². The molecular weight excluding hydrogens is 240 g/mol. The van der Waals surface area contributed by atoms with E-state index in [0.29, 0.717) is 5.75 Å². The van der Waals surface area contributed by atoms with Crippen molar-refractivity contribution in [2.24, 2.45) is 5.41 Å². The van der Waals surface area contributed by atoms with Crippen molar-refractivity contribution in [1.29, 1.82) is 0 Å². The first-order valence-corrected chi connectivity index (χ1v) is 6.54. The number of rotatable bonds is 3. The highest BCUT2D eigenvalue weighted by molar-refractivity contribution is 5.63. The highest BCUT2D eigenvalue weighted by atomic mass is 16.7. The van der Waals surface area contributed by atoms with Crippen molar-refractivity contribution in [1.82, 2.24) is 0 Å². The van der Waals surface area contributed by atoms with E-state index < -0.39 is 6.16 Å². The van der Waals surface area contributed by atoms with E-state index >= 15 is 0 Å². The van der Waals surface area contributed by atoms with Crippen LogP contribution in [0.25, 0.3) is 0 Å². The number of ether oxygens (including phenoxy) is 1. The van der Waals surface area contributed by atoms with Gasteiger partial charge in [-0.15, -0.1) is 0 Å². The lowest BCUT2D eigenvalue weighted by molar-refractivity contribution is 0.143. The second kappa shape index (κ2) is 5.24. The van der Waals surface area contributed by atoms with Crippen LogP contribution in [0.5, 0.6) is 5.75 Å². The van der Waals surface area contributed by atoms with Crippen LogP contribution in [0.3, 0.4) is 0 Å². The summed E-state index contributed by atoms with van der Waals surface area (Å²) in [6.45, 7) is 12.8. The Hall–Kier alpha value is -1.51. The molecule has 1 rings (SSSR count). The van der Waals surface area contributed by atoms with Gasteiger partial charge in [0.15, 0.2) is 0 Å². The molecule has 3 heteroatoms. The average Bonchev–Trinajstić information content (AvgIpc) is 2.11. The van der Waals surface area contributed by atoms with Crippen LogP contribution in [0.2, 0.25) is 0 Å². The number of hydrogen-bond donors (Lipinski definition) is 1. The van der Waals surface area contributed by atoms with Crippen molar-refractivity contribution in [3.05, 3.63) is 29.3 Å². The van der Waals surface area contributed by atoms with Gasteiger partial charge in [0.2, 0.25) is 0 Å². The SMILES string of the molecule is Cc1cccc(OC(=O)O)c1C(C)(C)CC(C)(C)C. The summed E-state index contributed by atoms with van der Waals surface area (Å²) in [5.41, 5.74) is 2.06. The van der Waals surface area contributed by atoms with E-state index in [1.165, 1.54) is 0 Å². The molecule has 0 aliphatic heterocycles. The minimum absolute atomic E-state index is 0.144. The molecule has 0 saturated heterocycles. The third kappa shape index (κ3) is 4.27. The van der Waals surface area contributed by atoms with Crippen LogP contribution in [-0.2, 0) is 5.41 Å². The lowest BCUT2D eigenvalue weighted by Gasteiger charge is -2.34. The molecule has 0 heterocycles. The first-order chi connectivity index (χ1) is 8.53. The van der Waals surface area contributed by atoms with Gasteiger partial charge < -0.3 is 9.84 Å². The van der Waals surface area contributed by atoms with Crippen molar-refractivity contribution >= 4 is 6.16 Å². The molecule has 0 aliphatic carbocycles. The van der Waals surface area contributed by atoms with Crippen LogP contribution < -0.4 is 4.74 Å². The van der Waals surface area contributed by atoms with Crippen LogP contribution in [-0.4, -0.2) is 11.3 Å². The summed E-state index contributed by atoms with van der Waals surface area (Å²) >= 11 is 0. The van der Waals surface area contributed by atoms with E-state index in [0.717, 1.165) is 17.5 Å². The second-order valence-corrected chi connectivity index (χ2v) is 6.94. The summed E-state index contributed by atoms with van der Waals surface area (Å²) < 4.78 is 4.94. The molecule has 0 aromatic heterocycles. The van der Waals surface area contributed by atoms with E-state index in [2.05, 4.69) is 34.6 Å². The molecular formula is C16H24O3. The van der Waals surface area contributed by atoms with Crippen LogP contribution >= 0.6 is 0 Å². The first-order valence-electron chi connectivity index (χ1n) is 6.54. The molecule has 1 N–H and O–H groups in total. The largest absolute Gasteiger partial charge is 0.511 e. The Bertz CT molecular complexity index is 467. The molecule has 0 amide bonds. The van der Waals surface area contributed by atoms with Gasteiger partial charge in [-0.3, -0.25) is 0 Å². The maximum atomic E-state index is 10.8. The Kier molecular flexibility index (Phi) is 4.28. The van der Waals surface area contributed by atoms with Crippen LogP contribution in [0, 0.1) is 12.3 Å². The standard InChI is InChI=1S/C16H24O3/c1-11-8-7-9-12(19-14(17)18)13(11)16(5,6)10-15(2,3)4/h7-9H,10H2,1-6H3,(H,17,18). The fourth-order valence-corrected chi connectivity index (χ4v) is 3.10. The second-order valence-electron chi connectivity index (χ2n) is 6.94. The van der Waals surface area contributed by atoms with Gasteiger partial charge in [-0.25, -0.2) is 4.79 Å². The van der Waals surface area contributed by atoms with Gasteiger partial charge in [-0.2, -0.15) is 0 Å². The summed E-state index contributed by atoms with van der Waals surface area (Å²) in [5, 5.41) is 8.86. The topological polar surface area (TPSA) is 46.5 Å². The Morgan fingerprint density at radius 3 is 2.26 bits per heavy atom. The van der Waals surface area contributed by atoms with Crippen LogP contribution in [0.15, 0.2) is 18.2 Å². The molecule has 0 bridgehead atoms. The van der Waals surface area contributed by atoms with Crippen molar-refractivity contribution in [3.8, 4) is 5.75 Å². The van der Waals surface area contributed by atoms with Gasteiger partial charge in [0.25, 0.3) is 0 Å². The van der Waals surface area contributed by atoms with E-state index in [9.17, 15) is 4.79 Å². The maximum Gasteiger partial charge on any atom is 0.511 e. The molecule has 0 radical (unpaired) electrons. The normalized spacial score (nSPS) is 12.3. The Morgan fingerprint density at radius 1 is 1.21 bits per heavy atom. The Morgan fingerprint density at radius 2 is 1.79 bits per heavy atom. The predicted octanol–water partition coefficient (Wildman–Crippen LogP) is 4.77. The molecule has 0 saturated carbocycles. The van der Waals surface area contributed by atoms with Crippen molar-refractivity contribution in [2.45, 2.75) is 53.4 Å². The minimum atomic E-state index is -1.27. The minimum Gasteiger partial charge on any atom is -0.449 e. The molecule has 1 aromatic rings. The van der Waals surface area contributed by atoms with Gasteiger partial charge >= 0.3 is 6.16 Å². The highest BCUT2D eigenvalue weighted by Crippen LogP contribution is 2.41. The Labute approximate surface area is 115 Å². The van der Waals surface area contributed by atoms with E-state index in [1.807, 2.05) is 19.1 Å². The summed E-state index contributed by atoms with van der Waals surface area (Å²) in [7, 11) is 0. The fraction of sp³-hybridized carbons (Fsp3) is 0.562. The Balaban J connectivity index is 3.27. The predicted molar refractivity (Wildman–Crippen MR) is 76.9 cm³/mol. The van der Waals surface area contributed by atoms with E-state index in [1.54, 1.807) is 6.07 Å². The summed E-state index contributed by atoms with van der Waals surface area (Å²) in [6.07, 6.45) is -0.320. The zero-order valence-electron chi connectivity index (χ0n) is 12.7. The maximum absolute atomic E-state index is 10.8. The first kappa shape index (κ1) is 15.5. The van der Waals surface area contributed by atoms with E-state index in [4.69, 9.17) is 9.84 Å². The lowest BCUT2D eigenvalue weighted by atomic mass is 9.71. The molecule has 0 atom stereocenters.